The van der Waals surface area contributed by atoms with Crippen LogP contribution in [-0.2, 0) is 4.79 Å². The number of nitrogens with zero attached hydrogens (tertiary/aromatic N) is 4. The lowest BCUT2D eigenvalue weighted by molar-refractivity contribution is -0.113. The average molecular weight is 478 g/mol. The Kier molecular flexibility index (Phi) is 7.90. The molecule has 2 heterocycles. The highest BCUT2D eigenvalue weighted by Crippen LogP contribution is 2.29. The van der Waals surface area contributed by atoms with Gasteiger partial charge in [-0.05, 0) is 35.7 Å². The second-order valence-corrected chi connectivity index (χ2v) is 9.47. The first-order chi connectivity index (χ1) is 16.5. The molecule has 3 aromatic rings. The molecule has 34 heavy (non-hydrogen) atoms. The minimum absolute atomic E-state index is 0.0483. The number of aromatic nitrogens is 2. The Hall–Kier alpha value is -3.26. The fourth-order valence-corrected chi connectivity index (χ4v) is 4.60. The normalized spacial score (nSPS) is 13.8. The van der Waals surface area contributed by atoms with E-state index in [0.717, 1.165) is 54.1 Å². The number of carbonyl (C=O) groups excluding carboxylic acids is 1. The third-order valence-electron chi connectivity index (χ3n) is 5.87. The molecule has 0 saturated carbocycles. The van der Waals surface area contributed by atoms with Crippen LogP contribution in [0.1, 0.15) is 25.3 Å². The number of para-hydroxylation sites is 2. The molecule has 4 rings (SSSR count). The Morgan fingerprint density at radius 3 is 2.44 bits per heavy atom. The van der Waals surface area contributed by atoms with Crippen LogP contribution in [0.5, 0.6) is 5.75 Å². The molecule has 1 fully saturated rings. The molecule has 7 nitrogen and oxygen atoms in total. The second-order valence-electron chi connectivity index (χ2n) is 8.47. The van der Waals surface area contributed by atoms with E-state index >= 15 is 0 Å². The molecule has 1 amide bonds. The summed E-state index contributed by atoms with van der Waals surface area (Å²) in [4.78, 5) is 25.8. The zero-order valence-electron chi connectivity index (χ0n) is 19.9. The summed E-state index contributed by atoms with van der Waals surface area (Å²) in [6.07, 6.45) is 1.58. The Labute approximate surface area is 205 Å². The smallest absolute Gasteiger partial charge is 0.234 e. The number of nitrogens with one attached hydrogen (secondary N) is 1. The molecular formula is C26H31N5O2S. The van der Waals surface area contributed by atoms with Crippen LogP contribution in [0.25, 0.3) is 0 Å². The van der Waals surface area contributed by atoms with Gasteiger partial charge in [0.1, 0.15) is 22.9 Å². The van der Waals surface area contributed by atoms with E-state index in [0.29, 0.717) is 11.7 Å². The van der Waals surface area contributed by atoms with Crippen LogP contribution in [0.3, 0.4) is 0 Å². The molecule has 1 aromatic heterocycles. The minimum atomic E-state index is -0.0483. The van der Waals surface area contributed by atoms with Crippen LogP contribution in [0.15, 0.2) is 66.0 Å². The summed E-state index contributed by atoms with van der Waals surface area (Å²) < 4.78 is 5.51. The molecule has 1 saturated heterocycles. The summed E-state index contributed by atoms with van der Waals surface area (Å²) in [7, 11) is 1.71. The number of thioether (sulfide) groups is 1. The molecule has 0 radical (unpaired) electrons. The van der Waals surface area contributed by atoms with Gasteiger partial charge in [0, 0.05) is 37.9 Å². The number of anilines is 3. The zero-order chi connectivity index (χ0) is 23.9. The van der Waals surface area contributed by atoms with Crippen LogP contribution in [0, 0.1) is 0 Å². The van der Waals surface area contributed by atoms with E-state index in [1.165, 1.54) is 17.3 Å². The SMILES string of the molecule is COc1ccccc1N1CCN(c2cc(SCC(=O)Nc3ccc(C(C)C)cc3)ncn2)CC1. The van der Waals surface area contributed by atoms with Gasteiger partial charge >= 0.3 is 0 Å². The molecule has 8 heteroatoms. The lowest BCUT2D eigenvalue weighted by Gasteiger charge is -2.37. The third kappa shape index (κ3) is 5.99. The molecule has 0 bridgehead atoms. The Bertz CT molecular complexity index is 1100. The Balaban J connectivity index is 1.29. The number of piperazine rings is 1. The number of amides is 1. The van der Waals surface area contributed by atoms with Crippen LogP contribution < -0.4 is 19.9 Å². The van der Waals surface area contributed by atoms with E-state index in [9.17, 15) is 4.79 Å². The predicted octanol–water partition coefficient (Wildman–Crippen LogP) is 4.67. The van der Waals surface area contributed by atoms with Gasteiger partial charge in [0.25, 0.3) is 0 Å². The highest BCUT2D eigenvalue weighted by atomic mass is 32.2. The topological polar surface area (TPSA) is 70.6 Å². The van der Waals surface area contributed by atoms with Gasteiger partial charge in [0.05, 0.1) is 18.6 Å². The Morgan fingerprint density at radius 1 is 1.03 bits per heavy atom. The summed E-state index contributed by atoms with van der Waals surface area (Å²) in [6, 6.07) is 18.1. The molecule has 0 spiro atoms. The second kappa shape index (κ2) is 11.2. The van der Waals surface area contributed by atoms with Gasteiger partial charge < -0.3 is 19.9 Å². The first kappa shape index (κ1) is 23.9. The summed E-state index contributed by atoms with van der Waals surface area (Å²) in [6.45, 7) is 7.77. The van der Waals surface area contributed by atoms with Gasteiger partial charge in [-0.2, -0.15) is 0 Å². The fraction of sp³-hybridized carbons (Fsp3) is 0.346. The Morgan fingerprint density at radius 2 is 1.74 bits per heavy atom. The lowest BCUT2D eigenvalue weighted by atomic mass is 10.0. The molecule has 1 N–H and O–H groups in total. The minimum Gasteiger partial charge on any atom is -0.495 e. The van der Waals surface area contributed by atoms with Crippen molar-refractivity contribution in [2.75, 3.05) is 54.2 Å². The molecule has 1 aliphatic heterocycles. The van der Waals surface area contributed by atoms with E-state index in [-0.39, 0.29) is 5.91 Å². The van der Waals surface area contributed by atoms with Gasteiger partial charge in [-0.25, -0.2) is 9.97 Å². The maximum Gasteiger partial charge on any atom is 0.234 e. The number of ether oxygens (including phenoxy) is 1. The van der Waals surface area contributed by atoms with E-state index in [1.54, 1.807) is 13.4 Å². The molecular weight excluding hydrogens is 446 g/mol. The maximum absolute atomic E-state index is 12.4. The van der Waals surface area contributed by atoms with Gasteiger partial charge in [-0.1, -0.05) is 49.9 Å². The number of rotatable bonds is 8. The summed E-state index contributed by atoms with van der Waals surface area (Å²) in [5, 5.41) is 3.75. The van der Waals surface area contributed by atoms with Crippen LogP contribution in [-0.4, -0.2) is 54.9 Å². The number of hydrogen-bond donors (Lipinski definition) is 1. The molecule has 2 aromatic carbocycles. The van der Waals surface area contributed by atoms with Crippen LogP contribution in [0.2, 0.25) is 0 Å². The fourth-order valence-electron chi connectivity index (χ4n) is 3.94. The van der Waals surface area contributed by atoms with Crippen molar-refractivity contribution in [2.24, 2.45) is 0 Å². The maximum atomic E-state index is 12.4. The molecule has 0 unspecified atom stereocenters. The van der Waals surface area contributed by atoms with E-state index in [4.69, 9.17) is 4.74 Å². The van der Waals surface area contributed by atoms with Crippen molar-refractivity contribution in [2.45, 2.75) is 24.8 Å². The zero-order valence-corrected chi connectivity index (χ0v) is 20.7. The standard InChI is InChI=1S/C26H31N5O2S/c1-19(2)20-8-10-21(11-9-20)29-25(32)17-34-26-16-24(27-18-28-26)31-14-12-30(13-15-31)22-6-4-5-7-23(22)33-3/h4-11,16,18-19H,12-15,17H2,1-3H3,(H,29,32). The summed E-state index contributed by atoms with van der Waals surface area (Å²) in [5.41, 5.74) is 3.18. The van der Waals surface area contributed by atoms with Gasteiger partial charge in [-0.3, -0.25) is 4.79 Å². The van der Waals surface area contributed by atoms with E-state index in [1.807, 2.05) is 36.4 Å². The number of benzene rings is 2. The van der Waals surface area contributed by atoms with Crippen molar-refractivity contribution in [3.8, 4) is 5.75 Å². The summed E-state index contributed by atoms with van der Waals surface area (Å²) >= 11 is 1.42. The number of hydrogen-bond acceptors (Lipinski definition) is 7. The first-order valence-electron chi connectivity index (χ1n) is 11.5. The van der Waals surface area contributed by atoms with Gasteiger partial charge in [0.15, 0.2) is 0 Å². The van der Waals surface area contributed by atoms with Crippen molar-refractivity contribution in [3.63, 3.8) is 0 Å². The van der Waals surface area contributed by atoms with Crippen molar-refractivity contribution in [1.82, 2.24) is 9.97 Å². The molecule has 0 aliphatic carbocycles. The predicted molar refractivity (Wildman–Crippen MR) is 139 cm³/mol. The number of methoxy groups -OCH3 is 1. The largest absolute Gasteiger partial charge is 0.495 e. The average Bonchev–Trinajstić information content (AvgIpc) is 2.88. The highest BCUT2D eigenvalue weighted by Gasteiger charge is 2.21. The van der Waals surface area contributed by atoms with Gasteiger partial charge in [-0.15, -0.1) is 0 Å². The molecule has 0 atom stereocenters. The van der Waals surface area contributed by atoms with Crippen molar-refractivity contribution in [3.05, 3.63) is 66.5 Å². The molecule has 178 valence electrons. The van der Waals surface area contributed by atoms with E-state index in [2.05, 4.69) is 57.1 Å². The summed E-state index contributed by atoms with van der Waals surface area (Å²) in [5.74, 6) is 2.50. The lowest BCUT2D eigenvalue weighted by Crippen LogP contribution is -2.47. The monoisotopic (exact) mass is 477 g/mol. The van der Waals surface area contributed by atoms with Crippen LogP contribution >= 0.6 is 11.8 Å². The van der Waals surface area contributed by atoms with E-state index < -0.39 is 0 Å². The van der Waals surface area contributed by atoms with Crippen molar-refractivity contribution in [1.29, 1.82) is 0 Å². The van der Waals surface area contributed by atoms with Crippen LogP contribution in [0.4, 0.5) is 17.2 Å². The van der Waals surface area contributed by atoms with Crippen molar-refractivity contribution >= 4 is 34.9 Å². The van der Waals surface area contributed by atoms with Crippen molar-refractivity contribution < 1.29 is 9.53 Å². The highest BCUT2D eigenvalue weighted by molar-refractivity contribution is 7.99. The third-order valence-corrected chi connectivity index (χ3v) is 6.79. The molecule has 1 aliphatic rings. The first-order valence-corrected chi connectivity index (χ1v) is 12.5. The number of carbonyl (C=O) groups is 1. The van der Waals surface area contributed by atoms with Gasteiger partial charge in [0.2, 0.25) is 5.91 Å². The quantitative estimate of drug-likeness (QED) is 0.374.